The van der Waals surface area contributed by atoms with Crippen molar-refractivity contribution in [3.8, 4) is 0 Å². The normalized spacial score (nSPS) is 23.8. The van der Waals surface area contributed by atoms with Crippen LogP contribution in [-0.2, 0) is 26.2 Å². The molecule has 2 aliphatic rings. The summed E-state index contributed by atoms with van der Waals surface area (Å²) >= 11 is 5.82. The van der Waals surface area contributed by atoms with Crippen LogP contribution < -0.4 is 9.62 Å². The highest BCUT2D eigenvalue weighted by Gasteiger charge is 2.40. The fourth-order valence-electron chi connectivity index (χ4n) is 4.12. The van der Waals surface area contributed by atoms with Gasteiger partial charge in [-0.15, -0.1) is 0 Å². The lowest BCUT2D eigenvalue weighted by Gasteiger charge is -2.37. The number of hydrogen-bond donors (Lipinski definition) is 1. The van der Waals surface area contributed by atoms with E-state index < -0.39 is 28.1 Å². The van der Waals surface area contributed by atoms with Gasteiger partial charge in [0.15, 0.2) is 5.78 Å². The number of carbonyl (C=O) groups excluding carboxylic acids is 1. The summed E-state index contributed by atoms with van der Waals surface area (Å²) in [6.07, 6.45) is 0.251. The summed E-state index contributed by atoms with van der Waals surface area (Å²) in [6, 6.07) is 10.4. The van der Waals surface area contributed by atoms with Crippen molar-refractivity contribution in [1.29, 1.82) is 0 Å². The third kappa shape index (κ3) is 4.97. The van der Waals surface area contributed by atoms with Crippen molar-refractivity contribution in [1.82, 2.24) is 9.03 Å². The van der Waals surface area contributed by atoms with Crippen LogP contribution >= 0.6 is 11.6 Å². The first kappa shape index (κ1) is 23.1. The minimum absolute atomic E-state index is 0.0366. The van der Waals surface area contributed by atoms with Crippen LogP contribution in [0.5, 0.6) is 0 Å². The number of morpholine rings is 1. The number of ether oxygens (including phenoxy) is 1. The van der Waals surface area contributed by atoms with Crippen molar-refractivity contribution in [3.05, 3.63) is 64.4 Å². The zero-order chi connectivity index (χ0) is 22.9. The van der Waals surface area contributed by atoms with E-state index in [0.29, 0.717) is 18.8 Å². The molecule has 2 heterocycles. The maximum Gasteiger partial charge on any atom is 0.280 e. The molecular formula is C22H25ClFN3O4S. The molecule has 2 saturated heterocycles. The average molecular weight is 482 g/mol. The summed E-state index contributed by atoms with van der Waals surface area (Å²) in [7, 11) is -2.46. The average Bonchev–Trinajstić information content (AvgIpc) is 2.78. The lowest BCUT2D eigenvalue weighted by molar-refractivity contribution is -0.122. The van der Waals surface area contributed by atoms with Gasteiger partial charge in [0.25, 0.3) is 10.2 Å². The van der Waals surface area contributed by atoms with Gasteiger partial charge in [-0.05, 0) is 41.8 Å². The monoisotopic (exact) mass is 481 g/mol. The van der Waals surface area contributed by atoms with Gasteiger partial charge in [-0.1, -0.05) is 29.8 Å². The Morgan fingerprint density at radius 1 is 1.22 bits per heavy atom. The van der Waals surface area contributed by atoms with Gasteiger partial charge in [0.05, 0.1) is 24.3 Å². The fourth-order valence-corrected chi connectivity index (χ4v) is 5.62. The van der Waals surface area contributed by atoms with E-state index in [0.717, 1.165) is 28.6 Å². The summed E-state index contributed by atoms with van der Waals surface area (Å²) in [4.78, 5) is 15.3. The molecule has 0 radical (unpaired) electrons. The molecule has 0 amide bonds. The van der Waals surface area contributed by atoms with Crippen LogP contribution in [0.2, 0.25) is 5.02 Å². The van der Waals surface area contributed by atoms with Gasteiger partial charge in [-0.3, -0.25) is 4.79 Å². The van der Waals surface area contributed by atoms with Crippen molar-refractivity contribution in [2.45, 2.75) is 24.9 Å². The minimum atomic E-state index is -3.86. The predicted molar refractivity (Wildman–Crippen MR) is 121 cm³/mol. The highest BCUT2D eigenvalue weighted by molar-refractivity contribution is 7.87. The molecular weight excluding hydrogens is 457 g/mol. The number of anilines is 1. The number of likely N-dealkylation sites (N-methyl/N-ethyl adjacent to an activating group) is 1. The van der Waals surface area contributed by atoms with E-state index >= 15 is 0 Å². The van der Waals surface area contributed by atoms with Gasteiger partial charge in [0, 0.05) is 38.3 Å². The second-order valence-electron chi connectivity index (χ2n) is 8.03. The Kier molecular flexibility index (Phi) is 6.83. The number of ketones is 1. The summed E-state index contributed by atoms with van der Waals surface area (Å²) in [5, 5.41) is -0.0700. The zero-order valence-electron chi connectivity index (χ0n) is 17.6. The van der Waals surface area contributed by atoms with Crippen LogP contribution in [0.25, 0.3) is 0 Å². The van der Waals surface area contributed by atoms with Crippen LogP contribution in [0.3, 0.4) is 0 Å². The van der Waals surface area contributed by atoms with Gasteiger partial charge in [-0.25, -0.2) is 4.39 Å². The Balaban J connectivity index is 1.56. The van der Waals surface area contributed by atoms with Gasteiger partial charge in [-0.2, -0.15) is 17.4 Å². The summed E-state index contributed by atoms with van der Waals surface area (Å²) < 4.78 is 48.2. The zero-order valence-corrected chi connectivity index (χ0v) is 19.2. The number of Topliss-reactive ketones (excluding diaryl/α,β-unsaturated/α-hetero) is 1. The molecule has 2 aliphatic heterocycles. The van der Waals surface area contributed by atoms with Gasteiger partial charge >= 0.3 is 0 Å². The molecule has 2 aromatic carbocycles. The molecule has 7 nitrogen and oxygen atoms in total. The molecule has 0 saturated carbocycles. The molecule has 10 heteroatoms. The standard InChI is InChI=1S/C22H25ClFN3O4S/c1-26-21(22(28)12-15-5-6-19(24)18(23)11-15)14-20(25-32(26,29)30)16-3-2-4-17(13-16)27-7-9-31-10-8-27/h2-6,11,13,20-21,25H,7-10,12,14H2,1H3. The number of hydrogen-bond acceptors (Lipinski definition) is 5. The predicted octanol–water partition coefficient (Wildman–Crippen LogP) is 2.71. The number of nitrogens with zero attached hydrogens (tertiary/aromatic N) is 2. The maximum absolute atomic E-state index is 13.4. The van der Waals surface area contributed by atoms with Crippen molar-refractivity contribution in [2.75, 3.05) is 38.3 Å². The summed E-state index contributed by atoms with van der Waals surface area (Å²) in [5.74, 6) is -0.834. The van der Waals surface area contributed by atoms with E-state index in [1.807, 2.05) is 24.3 Å². The molecule has 0 aromatic heterocycles. The number of carbonyl (C=O) groups is 1. The highest BCUT2D eigenvalue weighted by atomic mass is 35.5. The van der Waals surface area contributed by atoms with E-state index in [-0.39, 0.29) is 23.6 Å². The Hall–Kier alpha value is -2.04. The van der Waals surface area contributed by atoms with E-state index in [1.54, 1.807) is 0 Å². The van der Waals surface area contributed by atoms with Gasteiger partial charge in [0.2, 0.25) is 0 Å². The second-order valence-corrected chi connectivity index (χ2v) is 10.2. The third-order valence-corrected chi connectivity index (χ3v) is 7.84. The SMILES string of the molecule is CN1C(C(=O)Cc2ccc(F)c(Cl)c2)CC(c2cccc(N3CCOCC3)c2)NS1(=O)=O. The van der Waals surface area contributed by atoms with E-state index in [4.69, 9.17) is 16.3 Å². The van der Waals surface area contributed by atoms with Crippen molar-refractivity contribution < 1.29 is 22.3 Å². The molecule has 4 rings (SSSR count). The first-order valence-electron chi connectivity index (χ1n) is 10.4. The Bertz CT molecular complexity index is 1110. The van der Waals surface area contributed by atoms with E-state index in [9.17, 15) is 17.6 Å². The van der Waals surface area contributed by atoms with Crippen LogP contribution in [0.15, 0.2) is 42.5 Å². The maximum atomic E-state index is 13.4. The first-order valence-corrected chi connectivity index (χ1v) is 12.2. The van der Waals surface area contributed by atoms with Crippen LogP contribution in [0, 0.1) is 5.82 Å². The fraction of sp³-hybridized carbons (Fsp3) is 0.409. The van der Waals surface area contributed by atoms with Crippen LogP contribution in [0.4, 0.5) is 10.1 Å². The first-order chi connectivity index (χ1) is 15.2. The lowest BCUT2D eigenvalue weighted by atomic mass is 9.94. The molecule has 0 spiro atoms. The molecule has 0 bridgehead atoms. The molecule has 32 heavy (non-hydrogen) atoms. The summed E-state index contributed by atoms with van der Waals surface area (Å²) in [6.45, 7) is 2.83. The molecule has 172 valence electrons. The molecule has 2 unspecified atom stereocenters. The van der Waals surface area contributed by atoms with E-state index in [2.05, 4.69) is 9.62 Å². The molecule has 2 atom stereocenters. The highest BCUT2D eigenvalue weighted by Crippen LogP contribution is 2.31. The number of benzene rings is 2. The molecule has 2 fully saturated rings. The Morgan fingerprint density at radius 3 is 2.69 bits per heavy atom. The smallest absolute Gasteiger partial charge is 0.280 e. The van der Waals surface area contributed by atoms with Crippen LogP contribution in [0.1, 0.15) is 23.6 Å². The van der Waals surface area contributed by atoms with Gasteiger partial charge < -0.3 is 9.64 Å². The third-order valence-electron chi connectivity index (χ3n) is 5.95. The van der Waals surface area contributed by atoms with Crippen LogP contribution in [-0.4, -0.2) is 57.9 Å². The van der Waals surface area contributed by atoms with Crippen molar-refractivity contribution in [3.63, 3.8) is 0 Å². The largest absolute Gasteiger partial charge is 0.378 e. The Labute approximate surface area is 192 Å². The molecule has 1 N–H and O–H groups in total. The number of nitrogens with one attached hydrogen (secondary N) is 1. The van der Waals surface area contributed by atoms with Crippen molar-refractivity contribution >= 4 is 33.3 Å². The minimum Gasteiger partial charge on any atom is -0.378 e. The molecule has 0 aliphatic carbocycles. The topological polar surface area (TPSA) is 79.0 Å². The summed E-state index contributed by atoms with van der Waals surface area (Å²) in [5.41, 5.74) is 2.33. The van der Waals surface area contributed by atoms with Gasteiger partial charge in [0.1, 0.15) is 5.82 Å². The van der Waals surface area contributed by atoms with Crippen molar-refractivity contribution in [2.24, 2.45) is 0 Å². The lowest BCUT2D eigenvalue weighted by Crippen LogP contribution is -2.55. The Morgan fingerprint density at radius 2 is 1.97 bits per heavy atom. The number of halogens is 2. The van der Waals surface area contributed by atoms with E-state index in [1.165, 1.54) is 25.2 Å². The molecule has 2 aromatic rings. The second kappa shape index (κ2) is 9.44. The number of rotatable bonds is 5. The quantitative estimate of drug-likeness (QED) is 0.710.